The molecular formula is C13H12Cl2IN3. The number of rotatable bonds is 3. The third-order valence-electron chi connectivity index (χ3n) is 2.60. The van der Waals surface area contributed by atoms with Crippen LogP contribution >= 0.6 is 45.8 Å². The van der Waals surface area contributed by atoms with Crippen LogP contribution in [0.5, 0.6) is 0 Å². The monoisotopic (exact) mass is 407 g/mol. The average molecular weight is 408 g/mol. The second kappa shape index (κ2) is 6.24. The van der Waals surface area contributed by atoms with E-state index in [1.807, 2.05) is 18.2 Å². The molecule has 1 aromatic carbocycles. The Morgan fingerprint density at radius 1 is 1.21 bits per heavy atom. The first-order chi connectivity index (χ1) is 8.99. The largest absolute Gasteiger partial charge is 0.339 e. The van der Waals surface area contributed by atoms with Crippen molar-refractivity contribution in [3.05, 3.63) is 43.8 Å². The van der Waals surface area contributed by atoms with Crippen LogP contribution in [0, 0.1) is 3.57 Å². The molecule has 2 aromatic rings. The highest BCUT2D eigenvalue weighted by atomic mass is 127. The van der Waals surface area contributed by atoms with Gasteiger partial charge in [-0.05, 0) is 46.7 Å². The van der Waals surface area contributed by atoms with Gasteiger partial charge >= 0.3 is 0 Å². The van der Waals surface area contributed by atoms with Crippen LogP contribution in [0.4, 0.5) is 11.5 Å². The summed E-state index contributed by atoms with van der Waals surface area (Å²) >= 11 is 14.3. The Balaban J connectivity index is 2.41. The summed E-state index contributed by atoms with van der Waals surface area (Å²) in [5, 5.41) is 4.48. The topological polar surface area (TPSA) is 37.8 Å². The highest BCUT2D eigenvalue weighted by Gasteiger charge is 2.14. The van der Waals surface area contributed by atoms with Gasteiger partial charge in [-0.15, -0.1) is 0 Å². The lowest BCUT2D eigenvalue weighted by Gasteiger charge is -2.15. The molecule has 19 heavy (non-hydrogen) atoms. The van der Waals surface area contributed by atoms with Gasteiger partial charge in [0, 0.05) is 14.2 Å². The first kappa shape index (κ1) is 14.8. The molecule has 2 rings (SSSR count). The van der Waals surface area contributed by atoms with Crippen molar-refractivity contribution >= 4 is 57.3 Å². The van der Waals surface area contributed by atoms with E-state index < -0.39 is 0 Å². The van der Waals surface area contributed by atoms with Gasteiger partial charge in [-0.2, -0.15) is 0 Å². The zero-order valence-electron chi connectivity index (χ0n) is 10.4. The smallest absolute Gasteiger partial charge is 0.138 e. The third-order valence-corrected chi connectivity index (χ3v) is 4.03. The number of nitrogens with zero attached hydrogens (tertiary/aromatic N) is 2. The summed E-state index contributed by atoms with van der Waals surface area (Å²) in [6, 6.07) is 5.65. The van der Waals surface area contributed by atoms with E-state index in [0.29, 0.717) is 10.2 Å². The Morgan fingerprint density at radius 2 is 1.95 bits per heavy atom. The van der Waals surface area contributed by atoms with E-state index in [1.165, 1.54) is 6.33 Å². The predicted molar refractivity (Wildman–Crippen MR) is 88.6 cm³/mol. The summed E-state index contributed by atoms with van der Waals surface area (Å²) in [6.07, 6.45) is 1.46. The van der Waals surface area contributed by atoms with Crippen molar-refractivity contribution in [3.8, 4) is 0 Å². The quantitative estimate of drug-likeness (QED) is 0.557. The van der Waals surface area contributed by atoms with Gasteiger partial charge in [-0.3, -0.25) is 0 Å². The van der Waals surface area contributed by atoms with Crippen molar-refractivity contribution < 1.29 is 0 Å². The molecule has 1 aromatic heterocycles. The molecule has 0 fully saturated rings. The molecule has 0 bridgehead atoms. The predicted octanol–water partition coefficient (Wildman–Crippen LogP) is 5.26. The van der Waals surface area contributed by atoms with Gasteiger partial charge in [0.05, 0.1) is 5.69 Å². The Bertz CT molecular complexity index is 602. The van der Waals surface area contributed by atoms with Crippen molar-refractivity contribution in [2.45, 2.75) is 19.8 Å². The van der Waals surface area contributed by atoms with Crippen LogP contribution in [-0.2, 0) is 0 Å². The van der Waals surface area contributed by atoms with E-state index in [1.54, 1.807) is 0 Å². The number of anilines is 2. The minimum Gasteiger partial charge on any atom is -0.339 e. The van der Waals surface area contributed by atoms with E-state index in [4.69, 9.17) is 23.2 Å². The fraction of sp³-hybridized carbons (Fsp3) is 0.231. The maximum atomic E-state index is 6.14. The minimum absolute atomic E-state index is 0.237. The van der Waals surface area contributed by atoms with E-state index in [2.05, 4.69) is 51.7 Å². The number of hydrogen-bond donors (Lipinski definition) is 1. The molecule has 100 valence electrons. The fourth-order valence-corrected chi connectivity index (χ4v) is 3.06. The second-order valence-corrected chi connectivity index (χ2v) is 6.29. The number of benzene rings is 1. The molecule has 0 aliphatic carbocycles. The molecular weight excluding hydrogens is 396 g/mol. The highest BCUT2D eigenvalue weighted by Crippen LogP contribution is 2.31. The normalized spacial score (nSPS) is 10.8. The molecule has 0 spiro atoms. The molecule has 0 saturated heterocycles. The lowest BCUT2D eigenvalue weighted by atomic mass is 10.1. The van der Waals surface area contributed by atoms with Crippen molar-refractivity contribution in [2.24, 2.45) is 0 Å². The summed E-state index contributed by atoms with van der Waals surface area (Å²) in [4.78, 5) is 8.31. The van der Waals surface area contributed by atoms with E-state index in [9.17, 15) is 0 Å². The first-order valence-corrected chi connectivity index (χ1v) is 7.55. The second-order valence-electron chi connectivity index (χ2n) is 4.33. The number of hydrogen-bond acceptors (Lipinski definition) is 3. The molecule has 6 heteroatoms. The van der Waals surface area contributed by atoms with Crippen LogP contribution < -0.4 is 5.32 Å². The molecule has 0 unspecified atom stereocenters. The van der Waals surface area contributed by atoms with Gasteiger partial charge in [0.15, 0.2) is 0 Å². The van der Waals surface area contributed by atoms with Crippen molar-refractivity contribution in [1.29, 1.82) is 0 Å². The zero-order chi connectivity index (χ0) is 14.0. The molecule has 1 N–H and O–H groups in total. The summed E-state index contributed by atoms with van der Waals surface area (Å²) < 4.78 is 1.02. The summed E-state index contributed by atoms with van der Waals surface area (Å²) in [5.74, 6) is 0.969. The Kier molecular flexibility index (Phi) is 4.86. The summed E-state index contributed by atoms with van der Waals surface area (Å²) in [6.45, 7) is 4.12. The van der Waals surface area contributed by atoms with Crippen LogP contribution in [0.2, 0.25) is 10.2 Å². The highest BCUT2D eigenvalue weighted by molar-refractivity contribution is 14.1. The SMILES string of the molecule is CC(C)c1c(Cl)ncnc1Nc1ccc(Cl)cc1I. The summed E-state index contributed by atoms with van der Waals surface area (Å²) in [5.41, 5.74) is 1.86. The van der Waals surface area contributed by atoms with Crippen LogP contribution in [0.1, 0.15) is 25.3 Å². The van der Waals surface area contributed by atoms with Crippen LogP contribution in [-0.4, -0.2) is 9.97 Å². The van der Waals surface area contributed by atoms with Gasteiger partial charge in [0.1, 0.15) is 17.3 Å². The number of nitrogens with one attached hydrogen (secondary N) is 1. The van der Waals surface area contributed by atoms with Gasteiger partial charge in [0.2, 0.25) is 0 Å². The van der Waals surface area contributed by atoms with E-state index in [-0.39, 0.29) is 5.92 Å². The van der Waals surface area contributed by atoms with Gasteiger partial charge in [-0.1, -0.05) is 37.0 Å². The van der Waals surface area contributed by atoms with Crippen molar-refractivity contribution in [3.63, 3.8) is 0 Å². The van der Waals surface area contributed by atoms with Crippen molar-refractivity contribution in [1.82, 2.24) is 9.97 Å². The summed E-state index contributed by atoms with van der Waals surface area (Å²) in [7, 11) is 0. The van der Waals surface area contributed by atoms with E-state index >= 15 is 0 Å². The van der Waals surface area contributed by atoms with E-state index in [0.717, 1.165) is 20.6 Å². The number of halogens is 3. The number of aromatic nitrogens is 2. The lowest BCUT2D eigenvalue weighted by molar-refractivity contribution is 0.850. The lowest BCUT2D eigenvalue weighted by Crippen LogP contribution is -2.03. The third kappa shape index (κ3) is 3.49. The maximum absolute atomic E-state index is 6.14. The zero-order valence-corrected chi connectivity index (χ0v) is 14.1. The molecule has 0 saturated carbocycles. The van der Waals surface area contributed by atoms with Crippen LogP contribution in [0.3, 0.4) is 0 Å². The van der Waals surface area contributed by atoms with Gasteiger partial charge in [0.25, 0.3) is 0 Å². The van der Waals surface area contributed by atoms with Gasteiger partial charge < -0.3 is 5.32 Å². The fourth-order valence-electron chi connectivity index (χ4n) is 1.70. The minimum atomic E-state index is 0.237. The molecule has 0 aliphatic rings. The Hall–Kier alpha value is -0.590. The Labute approximate surface area is 135 Å². The van der Waals surface area contributed by atoms with Crippen LogP contribution in [0.15, 0.2) is 24.5 Å². The molecule has 0 radical (unpaired) electrons. The van der Waals surface area contributed by atoms with Crippen LogP contribution in [0.25, 0.3) is 0 Å². The molecule has 3 nitrogen and oxygen atoms in total. The molecule has 0 amide bonds. The standard InChI is InChI=1S/C13H12Cl2IN3/c1-7(2)11-12(15)17-6-18-13(11)19-10-4-3-8(14)5-9(10)16/h3-7H,1-2H3,(H,17,18,19). The average Bonchev–Trinajstić information content (AvgIpc) is 2.32. The molecule has 0 atom stereocenters. The Morgan fingerprint density at radius 3 is 2.58 bits per heavy atom. The maximum Gasteiger partial charge on any atom is 0.138 e. The van der Waals surface area contributed by atoms with Gasteiger partial charge in [-0.25, -0.2) is 9.97 Å². The molecule has 1 heterocycles. The van der Waals surface area contributed by atoms with Crippen molar-refractivity contribution in [2.75, 3.05) is 5.32 Å². The first-order valence-electron chi connectivity index (χ1n) is 5.71. The molecule has 0 aliphatic heterocycles.